The molecule has 0 aliphatic carbocycles. The predicted octanol–water partition coefficient (Wildman–Crippen LogP) is 2.13. The molecule has 23 heavy (non-hydrogen) atoms. The van der Waals surface area contributed by atoms with Crippen molar-refractivity contribution in [3.63, 3.8) is 0 Å². The van der Waals surface area contributed by atoms with Gasteiger partial charge in [-0.15, -0.1) is 0 Å². The zero-order valence-electron chi connectivity index (χ0n) is 13.4. The van der Waals surface area contributed by atoms with Crippen LogP contribution in [0.4, 0.5) is 4.79 Å². The highest BCUT2D eigenvalue weighted by Crippen LogP contribution is 2.28. The minimum atomic E-state index is -0.279. The number of nitrogens with zero attached hydrogens (tertiary/aromatic N) is 2. The van der Waals surface area contributed by atoms with Gasteiger partial charge in [0.15, 0.2) is 0 Å². The van der Waals surface area contributed by atoms with Crippen LogP contribution in [0.5, 0.6) is 5.75 Å². The van der Waals surface area contributed by atoms with E-state index in [1.165, 1.54) is 0 Å². The summed E-state index contributed by atoms with van der Waals surface area (Å²) in [5.41, 5.74) is 1.41. The first-order valence-electron chi connectivity index (χ1n) is 7.84. The molecule has 1 saturated heterocycles. The molecule has 1 aliphatic heterocycles. The van der Waals surface area contributed by atoms with Crippen molar-refractivity contribution in [2.24, 2.45) is 0 Å². The number of carbonyl (C=O) groups is 1. The number of ether oxygens (including phenoxy) is 2. The van der Waals surface area contributed by atoms with Gasteiger partial charge in [0.25, 0.3) is 0 Å². The second-order valence-corrected chi connectivity index (χ2v) is 5.57. The van der Waals surface area contributed by atoms with E-state index < -0.39 is 0 Å². The van der Waals surface area contributed by atoms with Crippen molar-refractivity contribution >= 4 is 17.1 Å². The summed E-state index contributed by atoms with van der Waals surface area (Å²) in [4.78, 5) is 28.7. The zero-order chi connectivity index (χ0) is 16.4. The molecule has 1 amide bonds. The van der Waals surface area contributed by atoms with E-state index in [4.69, 9.17) is 9.47 Å². The van der Waals surface area contributed by atoms with E-state index in [-0.39, 0.29) is 17.8 Å². The number of benzene rings is 1. The molecule has 0 spiro atoms. The van der Waals surface area contributed by atoms with Crippen LogP contribution in [0.2, 0.25) is 0 Å². The van der Waals surface area contributed by atoms with Gasteiger partial charge in [-0.25, -0.2) is 9.59 Å². The van der Waals surface area contributed by atoms with E-state index >= 15 is 0 Å². The largest absolute Gasteiger partial charge is 0.494 e. The molecule has 2 aromatic rings. The van der Waals surface area contributed by atoms with E-state index in [1.54, 1.807) is 23.5 Å². The molecule has 2 heterocycles. The van der Waals surface area contributed by atoms with Crippen molar-refractivity contribution in [1.29, 1.82) is 0 Å². The number of H-pyrrole nitrogens is 1. The molecule has 0 saturated carbocycles. The van der Waals surface area contributed by atoms with Crippen molar-refractivity contribution in [2.45, 2.75) is 25.8 Å². The Labute approximate surface area is 133 Å². The first-order chi connectivity index (χ1) is 11.2. The molecule has 0 atom stereocenters. The predicted molar refractivity (Wildman–Crippen MR) is 86.0 cm³/mol. The number of aromatic amines is 1. The Morgan fingerprint density at radius 1 is 1.35 bits per heavy atom. The SMILES string of the molecule is CCOC(=O)N1CCC(n2c(=O)[nH]c3c(OC)cccc32)CC1. The normalized spacial score (nSPS) is 15.8. The van der Waals surface area contributed by atoms with Gasteiger partial charge in [0.2, 0.25) is 0 Å². The van der Waals surface area contributed by atoms with Crippen LogP contribution in [0.1, 0.15) is 25.8 Å². The number of methoxy groups -OCH3 is 1. The molecule has 7 nitrogen and oxygen atoms in total. The Morgan fingerprint density at radius 2 is 2.09 bits per heavy atom. The fraction of sp³-hybridized carbons (Fsp3) is 0.500. The van der Waals surface area contributed by atoms with Gasteiger partial charge in [-0.1, -0.05) is 6.07 Å². The van der Waals surface area contributed by atoms with Crippen molar-refractivity contribution in [3.8, 4) is 5.75 Å². The van der Waals surface area contributed by atoms with Crippen molar-refractivity contribution in [3.05, 3.63) is 28.7 Å². The number of carbonyl (C=O) groups excluding carboxylic acids is 1. The number of likely N-dealkylation sites (tertiary alicyclic amines) is 1. The van der Waals surface area contributed by atoms with E-state index in [9.17, 15) is 9.59 Å². The molecule has 0 unspecified atom stereocenters. The number of para-hydroxylation sites is 1. The first-order valence-corrected chi connectivity index (χ1v) is 7.84. The highest BCUT2D eigenvalue weighted by molar-refractivity contribution is 5.82. The van der Waals surface area contributed by atoms with Gasteiger partial charge in [-0.05, 0) is 31.9 Å². The van der Waals surface area contributed by atoms with E-state index in [1.807, 2.05) is 18.2 Å². The van der Waals surface area contributed by atoms with Crippen LogP contribution in [0.25, 0.3) is 11.0 Å². The van der Waals surface area contributed by atoms with Gasteiger partial charge in [0, 0.05) is 19.1 Å². The van der Waals surface area contributed by atoms with Gasteiger partial charge in [-0.3, -0.25) is 4.57 Å². The van der Waals surface area contributed by atoms with Crippen molar-refractivity contribution in [2.75, 3.05) is 26.8 Å². The van der Waals surface area contributed by atoms with Gasteiger partial charge in [0.1, 0.15) is 11.3 Å². The second-order valence-electron chi connectivity index (χ2n) is 5.57. The van der Waals surface area contributed by atoms with E-state index in [0.29, 0.717) is 31.0 Å². The molecular weight excluding hydrogens is 298 g/mol. The molecule has 7 heteroatoms. The number of amides is 1. The fourth-order valence-corrected chi connectivity index (χ4v) is 3.18. The number of imidazole rings is 1. The van der Waals surface area contributed by atoms with Crippen LogP contribution >= 0.6 is 0 Å². The van der Waals surface area contributed by atoms with E-state index in [0.717, 1.165) is 18.4 Å². The first kappa shape index (κ1) is 15.5. The van der Waals surface area contributed by atoms with Crippen LogP contribution in [-0.2, 0) is 4.74 Å². The maximum atomic E-state index is 12.4. The quantitative estimate of drug-likeness (QED) is 0.940. The minimum absolute atomic E-state index is 0.0639. The lowest BCUT2D eigenvalue weighted by Gasteiger charge is -2.31. The third kappa shape index (κ3) is 2.78. The Hall–Kier alpha value is -2.44. The van der Waals surface area contributed by atoms with Crippen LogP contribution in [0.3, 0.4) is 0 Å². The third-order valence-corrected chi connectivity index (χ3v) is 4.29. The summed E-state index contributed by atoms with van der Waals surface area (Å²) in [6.07, 6.45) is 1.17. The summed E-state index contributed by atoms with van der Waals surface area (Å²) in [6.45, 7) is 3.35. The van der Waals surface area contributed by atoms with Crippen LogP contribution in [0.15, 0.2) is 23.0 Å². The molecule has 0 radical (unpaired) electrons. The van der Waals surface area contributed by atoms with Gasteiger partial charge in [0.05, 0.1) is 19.2 Å². The van der Waals surface area contributed by atoms with Gasteiger partial charge >= 0.3 is 11.8 Å². The Morgan fingerprint density at radius 3 is 2.74 bits per heavy atom. The Bertz CT molecular complexity index is 756. The standard InChI is InChI=1S/C16H21N3O4/c1-3-23-16(21)18-9-7-11(8-10-18)19-12-5-4-6-13(22-2)14(12)17-15(19)20/h4-6,11H,3,7-10H2,1-2H3,(H,17,20). The van der Waals surface area contributed by atoms with Crippen molar-refractivity contribution in [1.82, 2.24) is 14.5 Å². The van der Waals surface area contributed by atoms with Gasteiger partial charge < -0.3 is 19.4 Å². The highest BCUT2D eigenvalue weighted by Gasteiger charge is 2.27. The molecular formula is C16H21N3O4. The Kier molecular flexibility index (Phi) is 4.27. The molecule has 1 aliphatic rings. The van der Waals surface area contributed by atoms with Crippen LogP contribution in [-0.4, -0.2) is 47.4 Å². The fourth-order valence-electron chi connectivity index (χ4n) is 3.18. The third-order valence-electron chi connectivity index (χ3n) is 4.29. The molecule has 1 fully saturated rings. The summed E-state index contributed by atoms with van der Waals surface area (Å²) < 4.78 is 12.1. The van der Waals surface area contributed by atoms with E-state index in [2.05, 4.69) is 4.98 Å². The van der Waals surface area contributed by atoms with Gasteiger partial charge in [-0.2, -0.15) is 0 Å². The summed E-state index contributed by atoms with van der Waals surface area (Å²) in [5, 5.41) is 0. The number of hydrogen-bond donors (Lipinski definition) is 1. The Balaban J connectivity index is 1.84. The topological polar surface area (TPSA) is 76.6 Å². The summed E-state index contributed by atoms with van der Waals surface area (Å²) in [7, 11) is 1.59. The molecule has 3 rings (SSSR count). The monoisotopic (exact) mass is 319 g/mol. The minimum Gasteiger partial charge on any atom is -0.494 e. The lowest BCUT2D eigenvalue weighted by Crippen LogP contribution is -2.40. The lowest BCUT2D eigenvalue weighted by atomic mass is 10.0. The zero-order valence-corrected chi connectivity index (χ0v) is 13.4. The molecule has 1 aromatic heterocycles. The van der Waals surface area contributed by atoms with Crippen molar-refractivity contribution < 1.29 is 14.3 Å². The lowest BCUT2D eigenvalue weighted by molar-refractivity contribution is 0.0928. The molecule has 1 N–H and O–H groups in total. The molecule has 1 aromatic carbocycles. The number of fused-ring (bicyclic) bond motifs is 1. The average Bonchev–Trinajstić information content (AvgIpc) is 2.91. The maximum absolute atomic E-state index is 12.4. The molecule has 124 valence electrons. The number of hydrogen-bond acceptors (Lipinski definition) is 4. The van der Waals surface area contributed by atoms with Crippen LogP contribution in [0, 0.1) is 0 Å². The number of aromatic nitrogens is 2. The summed E-state index contributed by atoms with van der Waals surface area (Å²) in [5.74, 6) is 0.655. The maximum Gasteiger partial charge on any atom is 0.409 e. The second kappa shape index (κ2) is 6.36. The number of rotatable bonds is 3. The van der Waals surface area contributed by atoms with Crippen LogP contribution < -0.4 is 10.4 Å². The number of piperidine rings is 1. The number of nitrogens with one attached hydrogen (secondary N) is 1. The molecule has 0 bridgehead atoms. The highest BCUT2D eigenvalue weighted by atomic mass is 16.6. The smallest absolute Gasteiger partial charge is 0.409 e. The average molecular weight is 319 g/mol. The summed E-state index contributed by atoms with van der Waals surface area (Å²) >= 11 is 0. The summed E-state index contributed by atoms with van der Waals surface area (Å²) in [6, 6.07) is 5.67.